The first-order chi connectivity index (χ1) is 4.98. The third kappa shape index (κ3) is 5.11. The van der Waals surface area contributed by atoms with Gasteiger partial charge < -0.3 is 11.5 Å². The van der Waals surface area contributed by atoms with Gasteiger partial charge in [-0.3, -0.25) is 17.2 Å². The zero-order chi connectivity index (χ0) is 8.91. The van der Waals surface area contributed by atoms with E-state index in [1.807, 2.05) is 0 Å². The van der Waals surface area contributed by atoms with Crippen LogP contribution in [0.2, 0.25) is 0 Å². The van der Waals surface area contributed by atoms with Gasteiger partial charge in [0.05, 0.1) is 0 Å². The summed E-state index contributed by atoms with van der Waals surface area (Å²) < 4.78 is 0. The van der Waals surface area contributed by atoms with Gasteiger partial charge in [-0.2, -0.15) is 0 Å². The molecule has 10 N–H and O–H groups in total. The highest BCUT2D eigenvalue weighted by molar-refractivity contribution is 4.81. The first-order valence-electron chi connectivity index (χ1n) is 3.80. The van der Waals surface area contributed by atoms with Gasteiger partial charge in [0.2, 0.25) is 0 Å². The Morgan fingerprint density at radius 3 is 2.00 bits per heavy atom. The van der Waals surface area contributed by atoms with E-state index in [0.29, 0.717) is 6.54 Å². The van der Waals surface area contributed by atoms with Crippen molar-refractivity contribution in [3.05, 3.63) is 0 Å². The van der Waals surface area contributed by atoms with Crippen LogP contribution in [0.15, 0.2) is 0 Å². The van der Waals surface area contributed by atoms with Crippen molar-refractivity contribution in [3.63, 3.8) is 0 Å². The molecule has 0 aliphatic heterocycles. The van der Waals surface area contributed by atoms with E-state index in [9.17, 15) is 0 Å². The Morgan fingerprint density at radius 2 is 1.64 bits per heavy atom. The Hall–Kier alpha value is -0.200. The van der Waals surface area contributed by atoms with E-state index in [1.165, 1.54) is 0 Å². The van der Waals surface area contributed by atoms with Crippen LogP contribution in [0, 0.1) is 0 Å². The van der Waals surface area contributed by atoms with E-state index in [4.69, 9.17) is 28.7 Å². The molecule has 0 aromatic heterocycles. The molecule has 1 atom stereocenters. The van der Waals surface area contributed by atoms with E-state index in [-0.39, 0.29) is 6.04 Å². The van der Waals surface area contributed by atoms with Crippen LogP contribution in [0.25, 0.3) is 0 Å². The van der Waals surface area contributed by atoms with Crippen molar-refractivity contribution >= 4 is 0 Å². The summed E-state index contributed by atoms with van der Waals surface area (Å²) in [5.41, 5.74) is 26.9. The Bertz CT molecular complexity index is 97.6. The highest BCUT2D eigenvalue weighted by Gasteiger charge is 2.21. The topological polar surface area (TPSA) is 130 Å². The van der Waals surface area contributed by atoms with Crippen LogP contribution in [0.4, 0.5) is 0 Å². The molecule has 0 saturated heterocycles. The maximum Gasteiger partial charge on any atom is 0.131 e. The number of nitrogens with two attached hydrogens (primary N) is 5. The van der Waals surface area contributed by atoms with E-state index in [0.717, 1.165) is 19.3 Å². The quantitative estimate of drug-likeness (QED) is 0.234. The van der Waals surface area contributed by atoms with Gasteiger partial charge in [0.1, 0.15) is 5.79 Å². The minimum absolute atomic E-state index is 0.353. The Balaban J connectivity index is 3.44. The number of hydrogen-bond acceptors (Lipinski definition) is 5. The second-order valence-electron chi connectivity index (χ2n) is 2.89. The molecule has 0 aliphatic carbocycles. The Labute approximate surface area is 67.3 Å². The molecule has 0 fully saturated rings. The molecular weight excluding hydrogens is 142 g/mol. The molecule has 0 aromatic rings. The highest BCUT2D eigenvalue weighted by Crippen LogP contribution is 2.01. The van der Waals surface area contributed by atoms with Crippen molar-refractivity contribution in [3.8, 4) is 0 Å². The van der Waals surface area contributed by atoms with Crippen LogP contribution in [-0.4, -0.2) is 18.4 Å². The van der Waals surface area contributed by atoms with Crippen molar-refractivity contribution in [2.45, 2.75) is 31.1 Å². The van der Waals surface area contributed by atoms with Crippen LogP contribution in [0.1, 0.15) is 19.3 Å². The van der Waals surface area contributed by atoms with Gasteiger partial charge in [0.25, 0.3) is 0 Å². The van der Waals surface area contributed by atoms with E-state index in [1.54, 1.807) is 0 Å². The minimum Gasteiger partial charge on any atom is -0.330 e. The molecule has 0 aliphatic rings. The maximum atomic E-state index is 5.58. The molecule has 0 heterocycles. The Morgan fingerprint density at radius 1 is 1.09 bits per heavy atom. The zero-order valence-electron chi connectivity index (χ0n) is 6.79. The summed E-state index contributed by atoms with van der Waals surface area (Å²) in [6.07, 6.45) is 2.58. The number of hydrogen-bond donors (Lipinski definition) is 5. The fourth-order valence-corrected chi connectivity index (χ4v) is 0.759. The molecule has 0 rings (SSSR count). The van der Waals surface area contributed by atoms with Crippen LogP contribution in [-0.2, 0) is 0 Å². The predicted molar refractivity (Wildman–Crippen MR) is 46.2 cm³/mol. The van der Waals surface area contributed by atoms with Crippen LogP contribution in [0.5, 0.6) is 0 Å². The van der Waals surface area contributed by atoms with Crippen LogP contribution >= 0.6 is 0 Å². The normalized spacial score (nSPS) is 15.0. The summed E-state index contributed by atoms with van der Waals surface area (Å²) in [6.45, 7) is 0.666. The minimum atomic E-state index is -1.26. The second-order valence-corrected chi connectivity index (χ2v) is 2.89. The molecule has 5 heteroatoms. The fourth-order valence-electron chi connectivity index (χ4n) is 0.759. The maximum absolute atomic E-state index is 5.58. The average Bonchev–Trinajstić information content (AvgIpc) is 1.86. The molecule has 0 spiro atoms. The van der Waals surface area contributed by atoms with Crippen molar-refractivity contribution in [1.29, 1.82) is 0 Å². The van der Waals surface area contributed by atoms with Gasteiger partial charge >= 0.3 is 0 Å². The molecule has 1 unspecified atom stereocenters. The smallest absolute Gasteiger partial charge is 0.131 e. The zero-order valence-corrected chi connectivity index (χ0v) is 6.79. The highest BCUT2D eigenvalue weighted by atomic mass is 15.2. The molecule has 68 valence electrons. The predicted octanol–water partition coefficient (Wildman–Crippen LogP) is -2.03. The first kappa shape index (κ1) is 10.8. The lowest BCUT2D eigenvalue weighted by Gasteiger charge is -2.26. The fraction of sp³-hybridized carbons (Fsp3) is 1.00. The molecule has 0 aromatic carbocycles. The second kappa shape index (κ2) is 4.63. The van der Waals surface area contributed by atoms with E-state index in [2.05, 4.69) is 0 Å². The summed E-state index contributed by atoms with van der Waals surface area (Å²) >= 11 is 0. The summed E-state index contributed by atoms with van der Waals surface area (Å²) in [5.74, 6) is -1.26. The summed E-state index contributed by atoms with van der Waals surface area (Å²) in [4.78, 5) is 0. The average molecular weight is 161 g/mol. The lowest BCUT2D eigenvalue weighted by molar-refractivity contribution is 0.343. The standard InChI is InChI=1S/C6H19N5/c7-4-2-1-3-5(8)6(9,10)11/h5H,1-4,7-11H2. The molecule has 0 amide bonds. The van der Waals surface area contributed by atoms with Gasteiger partial charge in [-0.05, 0) is 19.4 Å². The van der Waals surface area contributed by atoms with E-state index < -0.39 is 5.79 Å². The van der Waals surface area contributed by atoms with Gasteiger partial charge in [0.15, 0.2) is 0 Å². The molecule has 11 heavy (non-hydrogen) atoms. The molecule has 0 saturated carbocycles. The SMILES string of the molecule is NCCCCC(N)C(N)(N)N. The van der Waals surface area contributed by atoms with Crippen molar-refractivity contribution in [2.24, 2.45) is 28.7 Å². The number of rotatable bonds is 5. The third-order valence-electron chi connectivity index (χ3n) is 1.61. The number of unbranched alkanes of at least 4 members (excludes halogenated alkanes) is 1. The third-order valence-corrected chi connectivity index (χ3v) is 1.61. The van der Waals surface area contributed by atoms with Gasteiger partial charge in [-0.1, -0.05) is 6.42 Å². The van der Waals surface area contributed by atoms with Crippen LogP contribution < -0.4 is 28.7 Å². The van der Waals surface area contributed by atoms with Gasteiger partial charge in [-0.15, -0.1) is 0 Å². The lowest BCUT2D eigenvalue weighted by Crippen LogP contribution is -2.68. The summed E-state index contributed by atoms with van der Waals surface area (Å²) in [5, 5.41) is 0. The Kier molecular flexibility index (Phi) is 4.55. The molecule has 5 nitrogen and oxygen atoms in total. The molecule has 0 bridgehead atoms. The largest absolute Gasteiger partial charge is 0.330 e. The van der Waals surface area contributed by atoms with Crippen molar-refractivity contribution in [2.75, 3.05) is 6.54 Å². The van der Waals surface area contributed by atoms with Gasteiger partial charge in [-0.25, -0.2) is 0 Å². The van der Waals surface area contributed by atoms with Crippen molar-refractivity contribution in [1.82, 2.24) is 0 Å². The summed E-state index contributed by atoms with van der Waals surface area (Å²) in [6, 6.07) is -0.353. The molecule has 0 radical (unpaired) electrons. The molecular formula is C6H19N5. The van der Waals surface area contributed by atoms with Crippen molar-refractivity contribution < 1.29 is 0 Å². The van der Waals surface area contributed by atoms with E-state index >= 15 is 0 Å². The monoisotopic (exact) mass is 161 g/mol. The van der Waals surface area contributed by atoms with Gasteiger partial charge in [0, 0.05) is 6.04 Å². The summed E-state index contributed by atoms with van der Waals surface area (Å²) in [7, 11) is 0. The lowest BCUT2D eigenvalue weighted by atomic mass is 10.1. The first-order valence-corrected chi connectivity index (χ1v) is 3.80. The van der Waals surface area contributed by atoms with Crippen LogP contribution in [0.3, 0.4) is 0 Å².